The molecule has 1 N–H and O–H groups in total. The van der Waals surface area contributed by atoms with Gasteiger partial charge in [0.15, 0.2) is 0 Å². The van der Waals surface area contributed by atoms with Crippen molar-refractivity contribution in [1.82, 2.24) is 24.7 Å². The number of likely N-dealkylation sites (N-methyl/N-ethyl adjacent to an activating group) is 1. The fourth-order valence-corrected chi connectivity index (χ4v) is 5.80. The molecule has 2 aliphatic heterocycles. The van der Waals surface area contributed by atoms with Crippen molar-refractivity contribution in [3.8, 4) is 11.5 Å². The molecule has 0 aliphatic carbocycles. The number of aromatic nitrogens is 2. The molecule has 9 nitrogen and oxygen atoms in total. The number of nitrogens with one attached hydrogen (secondary N) is 1. The molecule has 4 rings (SSSR count). The molecule has 0 saturated carbocycles. The standard InChI is InChI=1S/C21H29N5O4S/c1-2-25-12-6-7-17(25)15-22-19(27)21-24-23-20(30-21)16-8-10-18(11-9-16)31(28,29)26-13-4-3-5-14-26/h8-11,17H,2-7,12-15H2,1H3,(H,22,27)/t17-/m1/s1. The molecule has 31 heavy (non-hydrogen) atoms. The van der Waals surface area contributed by atoms with Crippen molar-refractivity contribution in [3.05, 3.63) is 30.2 Å². The average molecular weight is 448 g/mol. The van der Waals surface area contributed by atoms with E-state index in [2.05, 4.69) is 27.3 Å². The summed E-state index contributed by atoms with van der Waals surface area (Å²) in [5.74, 6) is -0.310. The molecule has 2 aromatic rings. The zero-order chi connectivity index (χ0) is 21.8. The topological polar surface area (TPSA) is 109 Å². The Bertz CT molecular complexity index is 999. The highest BCUT2D eigenvalue weighted by Gasteiger charge is 2.27. The number of carbonyl (C=O) groups excluding carboxylic acids is 1. The summed E-state index contributed by atoms with van der Waals surface area (Å²) in [6.45, 7) is 5.81. The van der Waals surface area contributed by atoms with E-state index in [1.807, 2.05) is 0 Å². The van der Waals surface area contributed by atoms with E-state index in [0.717, 1.165) is 45.2 Å². The number of piperidine rings is 1. The van der Waals surface area contributed by atoms with Crippen molar-refractivity contribution in [1.29, 1.82) is 0 Å². The summed E-state index contributed by atoms with van der Waals surface area (Å²) < 4.78 is 32.6. The third-order valence-electron chi connectivity index (χ3n) is 6.08. The molecule has 0 bridgehead atoms. The molecule has 2 aliphatic rings. The van der Waals surface area contributed by atoms with Gasteiger partial charge in [-0.3, -0.25) is 9.69 Å². The van der Waals surface area contributed by atoms with Crippen LogP contribution in [0, 0.1) is 0 Å². The fourth-order valence-electron chi connectivity index (χ4n) is 4.28. The van der Waals surface area contributed by atoms with Crippen LogP contribution in [0.1, 0.15) is 49.7 Å². The van der Waals surface area contributed by atoms with Crippen LogP contribution in [0.15, 0.2) is 33.6 Å². The van der Waals surface area contributed by atoms with Crippen LogP contribution >= 0.6 is 0 Å². The van der Waals surface area contributed by atoms with Crippen LogP contribution in [-0.4, -0.2) is 72.5 Å². The number of nitrogens with zero attached hydrogens (tertiary/aromatic N) is 4. The summed E-state index contributed by atoms with van der Waals surface area (Å²) in [5.41, 5.74) is 0.567. The molecule has 0 radical (unpaired) electrons. The minimum Gasteiger partial charge on any atom is -0.412 e. The van der Waals surface area contributed by atoms with E-state index in [1.54, 1.807) is 24.3 Å². The Balaban J connectivity index is 1.40. The number of hydrogen-bond donors (Lipinski definition) is 1. The molecule has 2 fully saturated rings. The van der Waals surface area contributed by atoms with Gasteiger partial charge in [-0.25, -0.2) is 8.42 Å². The molecule has 1 atom stereocenters. The zero-order valence-electron chi connectivity index (χ0n) is 17.8. The Morgan fingerprint density at radius 1 is 1.10 bits per heavy atom. The Labute approximate surface area is 182 Å². The van der Waals surface area contributed by atoms with E-state index >= 15 is 0 Å². The van der Waals surface area contributed by atoms with E-state index in [0.29, 0.717) is 31.2 Å². The van der Waals surface area contributed by atoms with Crippen molar-refractivity contribution >= 4 is 15.9 Å². The normalized spacial score (nSPS) is 20.7. The van der Waals surface area contributed by atoms with Gasteiger partial charge in [0.1, 0.15) is 0 Å². The average Bonchev–Trinajstić information content (AvgIpc) is 3.48. The molecule has 2 saturated heterocycles. The first-order chi connectivity index (χ1) is 15.0. The second kappa shape index (κ2) is 9.46. The second-order valence-electron chi connectivity index (χ2n) is 8.04. The third kappa shape index (κ3) is 4.81. The van der Waals surface area contributed by atoms with E-state index in [4.69, 9.17) is 4.42 Å². The number of carbonyl (C=O) groups is 1. The molecule has 1 amide bonds. The molecule has 168 valence electrons. The molecule has 10 heteroatoms. The minimum atomic E-state index is -3.49. The number of sulfonamides is 1. The number of amides is 1. The van der Waals surface area contributed by atoms with Crippen molar-refractivity contribution < 1.29 is 17.6 Å². The summed E-state index contributed by atoms with van der Waals surface area (Å²) in [5, 5.41) is 10.7. The van der Waals surface area contributed by atoms with Gasteiger partial charge in [-0.1, -0.05) is 13.3 Å². The van der Waals surface area contributed by atoms with Gasteiger partial charge in [-0.2, -0.15) is 4.31 Å². The van der Waals surface area contributed by atoms with Crippen molar-refractivity contribution in [3.63, 3.8) is 0 Å². The molecular formula is C21H29N5O4S. The van der Waals surface area contributed by atoms with Gasteiger partial charge in [0.25, 0.3) is 0 Å². The Morgan fingerprint density at radius 2 is 1.84 bits per heavy atom. The van der Waals surface area contributed by atoms with Gasteiger partial charge >= 0.3 is 11.8 Å². The smallest absolute Gasteiger partial charge is 0.308 e. The monoisotopic (exact) mass is 447 g/mol. The summed E-state index contributed by atoms with van der Waals surface area (Å²) >= 11 is 0. The SMILES string of the molecule is CCN1CCC[C@@H]1CNC(=O)c1nnc(-c2ccc(S(=O)(=O)N3CCCCC3)cc2)o1. The van der Waals surface area contributed by atoms with E-state index in [1.165, 1.54) is 4.31 Å². The van der Waals surface area contributed by atoms with Crippen molar-refractivity contribution in [2.24, 2.45) is 0 Å². The van der Waals surface area contributed by atoms with Gasteiger partial charge in [0, 0.05) is 31.2 Å². The van der Waals surface area contributed by atoms with Crippen LogP contribution in [0.5, 0.6) is 0 Å². The molecular weight excluding hydrogens is 418 g/mol. The quantitative estimate of drug-likeness (QED) is 0.692. The highest BCUT2D eigenvalue weighted by molar-refractivity contribution is 7.89. The lowest BCUT2D eigenvalue weighted by molar-refractivity contribution is 0.0907. The van der Waals surface area contributed by atoms with Crippen LogP contribution in [0.4, 0.5) is 0 Å². The number of benzene rings is 1. The van der Waals surface area contributed by atoms with Crippen molar-refractivity contribution in [2.75, 3.05) is 32.7 Å². The van der Waals surface area contributed by atoms with Crippen LogP contribution in [-0.2, 0) is 10.0 Å². The summed E-state index contributed by atoms with van der Waals surface area (Å²) in [6.07, 6.45) is 5.05. The summed E-state index contributed by atoms with van der Waals surface area (Å²) in [4.78, 5) is 15.0. The zero-order valence-corrected chi connectivity index (χ0v) is 18.6. The Morgan fingerprint density at radius 3 is 2.55 bits per heavy atom. The van der Waals surface area contributed by atoms with E-state index in [-0.39, 0.29) is 16.7 Å². The first kappa shape index (κ1) is 21.9. The lowest BCUT2D eigenvalue weighted by atomic mass is 10.2. The maximum absolute atomic E-state index is 12.8. The highest BCUT2D eigenvalue weighted by Crippen LogP contribution is 2.24. The number of rotatable bonds is 7. The summed E-state index contributed by atoms with van der Waals surface area (Å²) in [6, 6.07) is 6.68. The lowest BCUT2D eigenvalue weighted by Gasteiger charge is -2.25. The van der Waals surface area contributed by atoms with Gasteiger partial charge in [0.2, 0.25) is 15.9 Å². The van der Waals surface area contributed by atoms with Gasteiger partial charge in [-0.15, -0.1) is 10.2 Å². The molecule has 0 spiro atoms. The lowest BCUT2D eigenvalue weighted by Crippen LogP contribution is -2.40. The molecule has 1 aromatic carbocycles. The first-order valence-electron chi connectivity index (χ1n) is 11.0. The van der Waals surface area contributed by atoms with Gasteiger partial charge in [-0.05, 0) is 63.0 Å². The van der Waals surface area contributed by atoms with E-state index in [9.17, 15) is 13.2 Å². The molecule has 3 heterocycles. The van der Waals surface area contributed by atoms with Crippen LogP contribution < -0.4 is 5.32 Å². The maximum Gasteiger partial charge on any atom is 0.308 e. The largest absolute Gasteiger partial charge is 0.412 e. The highest BCUT2D eigenvalue weighted by atomic mass is 32.2. The number of hydrogen-bond acceptors (Lipinski definition) is 7. The Hall–Kier alpha value is -2.30. The second-order valence-corrected chi connectivity index (χ2v) is 9.97. The van der Waals surface area contributed by atoms with Crippen LogP contribution in [0.2, 0.25) is 0 Å². The third-order valence-corrected chi connectivity index (χ3v) is 7.99. The molecule has 0 unspecified atom stereocenters. The first-order valence-corrected chi connectivity index (χ1v) is 12.4. The Kier molecular flexibility index (Phi) is 6.68. The summed E-state index contributed by atoms with van der Waals surface area (Å²) in [7, 11) is -3.49. The maximum atomic E-state index is 12.8. The molecule has 1 aromatic heterocycles. The van der Waals surface area contributed by atoms with Crippen molar-refractivity contribution in [2.45, 2.75) is 50.0 Å². The van der Waals surface area contributed by atoms with E-state index < -0.39 is 15.9 Å². The van der Waals surface area contributed by atoms with Crippen LogP contribution in [0.3, 0.4) is 0 Å². The van der Waals surface area contributed by atoms with Crippen LogP contribution in [0.25, 0.3) is 11.5 Å². The number of likely N-dealkylation sites (tertiary alicyclic amines) is 1. The fraction of sp³-hybridized carbons (Fsp3) is 0.571. The predicted molar refractivity (Wildman–Crippen MR) is 115 cm³/mol. The van der Waals surface area contributed by atoms with Gasteiger partial charge < -0.3 is 9.73 Å². The van der Waals surface area contributed by atoms with Gasteiger partial charge in [0.05, 0.1) is 4.90 Å². The predicted octanol–water partition coefficient (Wildman–Crippen LogP) is 2.13. The minimum absolute atomic E-state index is 0.0962.